The number of halogens is 2. The van der Waals surface area contributed by atoms with Crippen molar-refractivity contribution in [2.45, 2.75) is 44.7 Å². The fourth-order valence-corrected chi connectivity index (χ4v) is 4.32. The lowest BCUT2D eigenvalue weighted by atomic mass is 10.0. The van der Waals surface area contributed by atoms with Crippen LogP contribution in [0.1, 0.15) is 53.4 Å². The Morgan fingerprint density at radius 2 is 1.78 bits per heavy atom. The van der Waals surface area contributed by atoms with Gasteiger partial charge < -0.3 is 15.1 Å². The number of anilines is 1. The summed E-state index contributed by atoms with van der Waals surface area (Å²) >= 11 is 0. The maximum Gasteiger partial charge on any atom is 0.287 e. The topological polar surface area (TPSA) is 91.7 Å². The Morgan fingerprint density at radius 1 is 1.06 bits per heavy atom. The van der Waals surface area contributed by atoms with Crippen molar-refractivity contribution < 1.29 is 27.6 Å². The molecule has 36 heavy (non-hydrogen) atoms. The second-order valence-corrected chi connectivity index (χ2v) is 8.80. The predicted octanol–water partition coefficient (Wildman–Crippen LogP) is 4.43. The van der Waals surface area contributed by atoms with Gasteiger partial charge in [0.15, 0.2) is 5.76 Å². The van der Waals surface area contributed by atoms with Gasteiger partial charge in [-0.1, -0.05) is 31.0 Å². The highest BCUT2D eigenvalue weighted by Crippen LogP contribution is 2.30. The molecule has 0 saturated heterocycles. The summed E-state index contributed by atoms with van der Waals surface area (Å²) in [6.07, 6.45) is 4.92. The van der Waals surface area contributed by atoms with Crippen LogP contribution in [0.25, 0.3) is 0 Å². The third-order valence-electron chi connectivity index (χ3n) is 6.24. The monoisotopic (exact) mass is 495 g/mol. The molecular formula is C27H27F2N3O4. The Hall–Kier alpha value is -4.01. The Balaban J connectivity index is 1.70. The lowest BCUT2D eigenvalue weighted by molar-refractivity contribution is -0.126. The van der Waals surface area contributed by atoms with Crippen LogP contribution in [0.2, 0.25) is 0 Å². The molecule has 1 aromatic heterocycles. The third kappa shape index (κ3) is 5.79. The molecule has 0 aliphatic heterocycles. The molecule has 0 spiro atoms. The SMILES string of the molecule is Cc1ccc(N(C(=O)CNC(=O)c2ccco2)[C@H](C(=O)NC2CCCC2)c2ccc(F)cc2)cc1F. The Kier molecular flexibility index (Phi) is 7.77. The molecule has 0 bridgehead atoms. The first kappa shape index (κ1) is 25.1. The van der Waals surface area contributed by atoms with Gasteiger partial charge in [0.25, 0.3) is 5.91 Å². The average molecular weight is 496 g/mol. The first-order chi connectivity index (χ1) is 17.3. The molecule has 0 radical (unpaired) electrons. The standard InChI is InChI=1S/C27H27F2N3O4/c1-17-8-13-21(15-22(17)29)32(24(33)16-30-26(34)23-7-4-14-36-23)25(18-9-11-19(28)12-10-18)27(35)31-20-5-2-3-6-20/h4,7-15,20,25H,2-3,5-6,16H2,1H3,(H,30,34)(H,31,35)/t25-/m0/s1. The van der Waals surface area contributed by atoms with Gasteiger partial charge in [0, 0.05) is 11.7 Å². The minimum absolute atomic E-state index is 0.0183. The van der Waals surface area contributed by atoms with Gasteiger partial charge >= 0.3 is 0 Å². The first-order valence-corrected chi connectivity index (χ1v) is 11.8. The van der Waals surface area contributed by atoms with Crippen molar-refractivity contribution in [1.82, 2.24) is 10.6 Å². The van der Waals surface area contributed by atoms with Gasteiger partial charge in [-0.05, 0) is 67.3 Å². The summed E-state index contributed by atoms with van der Waals surface area (Å²) in [6.45, 7) is 1.10. The molecule has 9 heteroatoms. The minimum atomic E-state index is -1.22. The molecule has 2 N–H and O–H groups in total. The van der Waals surface area contributed by atoms with Crippen LogP contribution in [0.5, 0.6) is 0 Å². The van der Waals surface area contributed by atoms with E-state index in [2.05, 4.69) is 10.6 Å². The molecule has 188 valence electrons. The smallest absolute Gasteiger partial charge is 0.287 e. The molecule has 7 nitrogen and oxygen atoms in total. The molecule has 1 saturated carbocycles. The van der Waals surface area contributed by atoms with Crippen LogP contribution < -0.4 is 15.5 Å². The number of carbonyl (C=O) groups excluding carboxylic acids is 3. The van der Waals surface area contributed by atoms with Crippen molar-refractivity contribution in [2.24, 2.45) is 0 Å². The predicted molar refractivity (Wildman–Crippen MR) is 129 cm³/mol. The molecule has 1 heterocycles. The average Bonchev–Trinajstić information content (AvgIpc) is 3.58. The number of amides is 3. The van der Waals surface area contributed by atoms with E-state index >= 15 is 0 Å². The summed E-state index contributed by atoms with van der Waals surface area (Å²) in [6, 6.07) is 11.1. The van der Waals surface area contributed by atoms with Crippen molar-refractivity contribution in [3.05, 3.63) is 89.4 Å². The fourth-order valence-electron chi connectivity index (χ4n) is 4.32. The first-order valence-electron chi connectivity index (χ1n) is 11.8. The Bertz CT molecular complexity index is 1220. The van der Waals surface area contributed by atoms with E-state index in [1.54, 1.807) is 6.92 Å². The maximum atomic E-state index is 14.6. The van der Waals surface area contributed by atoms with Crippen LogP contribution in [0.4, 0.5) is 14.5 Å². The van der Waals surface area contributed by atoms with Crippen LogP contribution in [-0.4, -0.2) is 30.3 Å². The zero-order chi connectivity index (χ0) is 25.7. The highest BCUT2D eigenvalue weighted by atomic mass is 19.1. The summed E-state index contributed by atoms with van der Waals surface area (Å²) in [5, 5.41) is 5.47. The Labute approximate surface area is 207 Å². The summed E-state index contributed by atoms with van der Waals surface area (Å²) < 4.78 is 33.4. The largest absolute Gasteiger partial charge is 0.459 e. The highest BCUT2D eigenvalue weighted by Gasteiger charge is 2.34. The van der Waals surface area contributed by atoms with E-state index in [0.717, 1.165) is 30.6 Å². The van der Waals surface area contributed by atoms with Gasteiger partial charge in [-0.25, -0.2) is 8.78 Å². The van der Waals surface area contributed by atoms with E-state index in [0.29, 0.717) is 11.1 Å². The molecule has 3 aromatic rings. The van der Waals surface area contributed by atoms with E-state index in [1.807, 2.05) is 0 Å². The summed E-state index contributed by atoms with van der Waals surface area (Å²) in [5.41, 5.74) is 0.843. The molecule has 3 amide bonds. The van der Waals surface area contributed by atoms with Crippen molar-refractivity contribution in [1.29, 1.82) is 0 Å². The van der Waals surface area contributed by atoms with Crippen molar-refractivity contribution >= 4 is 23.4 Å². The number of hydrogen-bond donors (Lipinski definition) is 2. The maximum absolute atomic E-state index is 14.6. The molecular weight excluding hydrogens is 468 g/mol. The fraction of sp³-hybridized carbons (Fsp3) is 0.296. The number of hydrogen-bond acceptors (Lipinski definition) is 4. The number of benzene rings is 2. The lowest BCUT2D eigenvalue weighted by Gasteiger charge is -2.32. The molecule has 1 aliphatic carbocycles. The summed E-state index contributed by atoms with van der Waals surface area (Å²) in [4.78, 5) is 40.6. The van der Waals surface area contributed by atoms with Crippen LogP contribution in [0.3, 0.4) is 0 Å². The number of nitrogens with one attached hydrogen (secondary N) is 2. The van der Waals surface area contributed by atoms with Crippen molar-refractivity contribution in [3.63, 3.8) is 0 Å². The second-order valence-electron chi connectivity index (χ2n) is 8.80. The molecule has 2 aromatic carbocycles. The number of nitrogens with zero attached hydrogens (tertiary/aromatic N) is 1. The second kappa shape index (κ2) is 11.2. The number of rotatable bonds is 8. The van der Waals surface area contributed by atoms with E-state index in [-0.39, 0.29) is 17.5 Å². The van der Waals surface area contributed by atoms with E-state index < -0.39 is 41.9 Å². The highest BCUT2D eigenvalue weighted by molar-refractivity contribution is 6.04. The van der Waals surface area contributed by atoms with Gasteiger partial charge in [-0.3, -0.25) is 19.3 Å². The van der Waals surface area contributed by atoms with Gasteiger partial charge in [0.05, 0.1) is 12.8 Å². The van der Waals surface area contributed by atoms with E-state index in [4.69, 9.17) is 4.42 Å². The zero-order valence-corrected chi connectivity index (χ0v) is 19.8. The number of furan rings is 1. The van der Waals surface area contributed by atoms with E-state index in [1.165, 1.54) is 60.9 Å². The lowest BCUT2D eigenvalue weighted by Crippen LogP contribution is -2.49. The van der Waals surface area contributed by atoms with Gasteiger partial charge in [-0.2, -0.15) is 0 Å². The molecule has 1 aliphatic rings. The van der Waals surface area contributed by atoms with Crippen LogP contribution in [0, 0.1) is 18.6 Å². The normalized spacial score (nSPS) is 14.3. The van der Waals surface area contributed by atoms with Crippen molar-refractivity contribution in [3.8, 4) is 0 Å². The van der Waals surface area contributed by atoms with Gasteiger partial charge in [0.1, 0.15) is 17.7 Å². The minimum Gasteiger partial charge on any atom is -0.459 e. The summed E-state index contributed by atoms with van der Waals surface area (Å²) in [7, 11) is 0. The number of aryl methyl sites for hydroxylation is 1. The van der Waals surface area contributed by atoms with Gasteiger partial charge in [-0.15, -0.1) is 0 Å². The molecule has 1 atom stereocenters. The van der Waals surface area contributed by atoms with Crippen molar-refractivity contribution in [2.75, 3.05) is 11.4 Å². The molecule has 1 fully saturated rings. The quantitative estimate of drug-likeness (QED) is 0.484. The molecule has 0 unspecified atom stereocenters. The van der Waals surface area contributed by atoms with Crippen LogP contribution in [0.15, 0.2) is 65.3 Å². The third-order valence-corrected chi connectivity index (χ3v) is 6.24. The Morgan fingerprint density at radius 3 is 2.42 bits per heavy atom. The van der Waals surface area contributed by atoms with Gasteiger partial charge in [0.2, 0.25) is 11.8 Å². The van der Waals surface area contributed by atoms with E-state index in [9.17, 15) is 23.2 Å². The van der Waals surface area contributed by atoms with Crippen LogP contribution >= 0.6 is 0 Å². The number of carbonyl (C=O) groups is 3. The zero-order valence-electron chi connectivity index (χ0n) is 19.8. The molecule has 4 rings (SSSR count). The summed E-state index contributed by atoms with van der Waals surface area (Å²) in [5.74, 6) is -2.78. The van der Waals surface area contributed by atoms with Crippen LogP contribution in [-0.2, 0) is 9.59 Å².